The molecule has 0 aromatic heterocycles. The number of fused-ring (bicyclic) bond motifs is 10. The summed E-state index contributed by atoms with van der Waals surface area (Å²) in [5.41, 5.74) is 5.86. The van der Waals surface area contributed by atoms with E-state index in [4.69, 9.17) is 0 Å². The smallest absolute Gasteiger partial charge is 0.0578 e. The molecule has 0 unspecified atom stereocenters. The fourth-order valence-corrected chi connectivity index (χ4v) is 5.11. The van der Waals surface area contributed by atoms with Crippen molar-refractivity contribution >= 4 is 11.4 Å². The number of para-hydroxylation sites is 2. The molecule has 0 amide bonds. The number of nitrogens with one attached hydrogen (secondary N) is 2. The van der Waals surface area contributed by atoms with E-state index >= 15 is 0 Å². The predicted octanol–water partition coefficient (Wildman–Crippen LogP) is 4.72. The van der Waals surface area contributed by atoms with Gasteiger partial charge in [0.05, 0.1) is 11.1 Å². The van der Waals surface area contributed by atoms with Crippen molar-refractivity contribution in [3.05, 3.63) is 59.7 Å². The van der Waals surface area contributed by atoms with Gasteiger partial charge in [-0.15, -0.1) is 0 Å². The molecule has 1 fully saturated rings. The maximum Gasteiger partial charge on any atom is 0.0578 e. The first-order valence-electron chi connectivity index (χ1n) is 8.34. The summed E-state index contributed by atoms with van der Waals surface area (Å²) in [5.74, 6) is 1.25. The normalized spacial score (nSPS) is 37.4. The van der Waals surface area contributed by atoms with Gasteiger partial charge in [-0.25, -0.2) is 0 Å². The van der Waals surface area contributed by atoms with Crippen LogP contribution < -0.4 is 10.6 Å². The van der Waals surface area contributed by atoms with Crippen molar-refractivity contribution in [1.29, 1.82) is 0 Å². The maximum atomic E-state index is 3.87. The molecule has 0 saturated heterocycles. The van der Waals surface area contributed by atoms with E-state index in [9.17, 15) is 0 Å². The highest BCUT2D eigenvalue weighted by Gasteiger charge is 2.57. The van der Waals surface area contributed by atoms with E-state index in [-0.39, 0.29) is 11.1 Å². The zero-order valence-corrected chi connectivity index (χ0v) is 13.2. The summed E-state index contributed by atoms with van der Waals surface area (Å²) < 4.78 is 0. The zero-order valence-electron chi connectivity index (χ0n) is 13.2. The van der Waals surface area contributed by atoms with Gasteiger partial charge in [-0.05, 0) is 61.8 Å². The number of hydrogen-bond donors (Lipinski definition) is 2. The number of rotatable bonds is 0. The average molecular weight is 290 g/mol. The topological polar surface area (TPSA) is 24.1 Å². The lowest BCUT2D eigenvalue weighted by Crippen LogP contribution is -2.67. The molecule has 4 atom stereocenters. The Morgan fingerprint density at radius 1 is 0.727 bits per heavy atom. The van der Waals surface area contributed by atoms with Crippen LogP contribution in [-0.2, 0) is 0 Å². The van der Waals surface area contributed by atoms with E-state index < -0.39 is 0 Å². The fraction of sp³-hybridized carbons (Fsp3) is 0.400. The van der Waals surface area contributed by atoms with Crippen LogP contribution in [0.25, 0.3) is 0 Å². The largest absolute Gasteiger partial charge is 0.377 e. The minimum absolute atomic E-state index is 0.0933. The van der Waals surface area contributed by atoms with Crippen LogP contribution in [0.2, 0.25) is 0 Å². The van der Waals surface area contributed by atoms with Crippen molar-refractivity contribution < 1.29 is 0 Å². The lowest BCUT2D eigenvalue weighted by molar-refractivity contribution is 0.164. The molecule has 22 heavy (non-hydrogen) atoms. The van der Waals surface area contributed by atoms with Gasteiger partial charge >= 0.3 is 0 Å². The molecule has 4 bridgehead atoms. The molecule has 0 radical (unpaired) electrons. The van der Waals surface area contributed by atoms with Crippen molar-refractivity contribution in [3.63, 3.8) is 0 Å². The Morgan fingerprint density at radius 3 is 1.59 bits per heavy atom. The molecule has 1 saturated carbocycles. The van der Waals surface area contributed by atoms with E-state index in [1.165, 1.54) is 35.3 Å². The van der Waals surface area contributed by atoms with Crippen LogP contribution in [-0.4, -0.2) is 11.1 Å². The predicted molar refractivity (Wildman–Crippen MR) is 91.7 cm³/mol. The Kier molecular flexibility index (Phi) is 2.21. The highest BCUT2D eigenvalue weighted by atomic mass is 15.1. The molecule has 0 spiro atoms. The minimum atomic E-state index is 0.0933. The van der Waals surface area contributed by atoms with Crippen LogP contribution in [0.4, 0.5) is 11.4 Å². The van der Waals surface area contributed by atoms with Crippen LogP contribution >= 0.6 is 0 Å². The summed E-state index contributed by atoms with van der Waals surface area (Å²) in [5, 5.41) is 7.74. The summed E-state index contributed by atoms with van der Waals surface area (Å²) in [4.78, 5) is 0. The molecule has 2 heteroatoms. The van der Waals surface area contributed by atoms with E-state index in [1.54, 1.807) is 0 Å². The van der Waals surface area contributed by atoms with Crippen molar-refractivity contribution in [1.82, 2.24) is 0 Å². The lowest BCUT2D eigenvalue weighted by Gasteiger charge is -2.61. The highest BCUT2D eigenvalue weighted by Crippen LogP contribution is 2.60. The fourth-order valence-electron chi connectivity index (χ4n) is 5.11. The molecule has 2 aromatic rings. The summed E-state index contributed by atoms with van der Waals surface area (Å²) in [7, 11) is 0. The summed E-state index contributed by atoms with van der Waals surface area (Å²) in [6, 6.07) is 17.8. The Morgan fingerprint density at radius 2 is 1.14 bits per heavy atom. The molecule has 2 aromatic carbocycles. The summed E-state index contributed by atoms with van der Waals surface area (Å²) in [6.07, 6.45) is 2.40. The van der Waals surface area contributed by atoms with Gasteiger partial charge in [-0.3, -0.25) is 0 Å². The monoisotopic (exact) mass is 290 g/mol. The lowest BCUT2D eigenvalue weighted by atomic mass is 9.54. The minimum Gasteiger partial charge on any atom is -0.377 e. The first-order valence-corrected chi connectivity index (χ1v) is 8.34. The maximum absolute atomic E-state index is 3.87. The number of hydrogen-bond acceptors (Lipinski definition) is 2. The van der Waals surface area contributed by atoms with Gasteiger partial charge < -0.3 is 10.6 Å². The van der Waals surface area contributed by atoms with Crippen LogP contribution in [0.3, 0.4) is 0 Å². The second-order valence-corrected chi connectivity index (χ2v) is 7.71. The molecule has 112 valence electrons. The summed E-state index contributed by atoms with van der Waals surface area (Å²) in [6.45, 7) is 4.79. The van der Waals surface area contributed by atoms with Crippen molar-refractivity contribution in [2.75, 3.05) is 10.6 Å². The van der Waals surface area contributed by atoms with Crippen LogP contribution in [0, 0.1) is 0 Å². The molecule has 2 N–H and O–H groups in total. The Balaban J connectivity index is 1.77. The third kappa shape index (κ3) is 1.41. The van der Waals surface area contributed by atoms with Gasteiger partial charge in [0.25, 0.3) is 0 Å². The van der Waals surface area contributed by atoms with Gasteiger partial charge in [0, 0.05) is 11.4 Å². The molecule has 2 heterocycles. The van der Waals surface area contributed by atoms with Gasteiger partial charge in [-0.2, -0.15) is 0 Å². The number of benzene rings is 2. The number of anilines is 2. The highest BCUT2D eigenvalue weighted by molar-refractivity contribution is 5.67. The van der Waals surface area contributed by atoms with Crippen molar-refractivity contribution in [2.45, 2.75) is 49.6 Å². The first-order chi connectivity index (χ1) is 10.6. The molecule has 3 aliphatic rings. The van der Waals surface area contributed by atoms with Gasteiger partial charge in [0.2, 0.25) is 0 Å². The SMILES string of the molecule is C[C@@]12C[C@@H](c3ccccc3N1)[C@H]1C[C@]2(C)Nc2ccccc21. The van der Waals surface area contributed by atoms with Crippen molar-refractivity contribution in [3.8, 4) is 0 Å². The van der Waals surface area contributed by atoms with E-state index in [0.717, 1.165) is 0 Å². The average Bonchev–Trinajstić information content (AvgIpc) is 2.52. The van der Waals surface area contributed by atoms with Crippen molar-refractivity contribution in [2.24, 2.45) is 0 Å². The van der Waals surface area contributed by atoms with Crippen LogP contribution in [0.5, 0.6) is 0 Å². The molecular formula is C20H22N2. The van der Waals surface area contributed by atoms with Gasteiger partial charge in [-0.1, -0.05) is 36.4 Å². The second-order valence-electron chi connectivity index (χ2n) is 7.71. The molecule has 2 nitrogen and oxygen atoms in total. The summed E-state index contributed by atoms with van der Waals surface area (Å²) >= 11 is 0. The Bertz CT molecular complexity index is 702. The second kappa shape index (κ2) is 3.87. The van der Waals surface area contributed by atoms with Gasteiger partial charge in [0.15, 0.2) is 0 Å². The van der Waals surface area contributed by atoms with Gasteiger partial charge in [0.1, 0.15) is 0 Å². The quantitative estimate of drug-likeness (QED) is 0.734. The standard InChI is InChI=1S/C20H22N2/c1-19-11-15(13-7-3-5-9-17(13)21-19)16-12-20(19,2)22-18-10-6-4-8-14(16)18/h3-10,15-16,21-22H,11-12H2,1-2H3/t15-,16-,19-,20-/m0/s1. The molecule has 5 rings (SSSR count). The zero-order chi connectivity index (χ0) is 14.9. The molecule has 1 aliphatic carbocycles. The third-order valence-corrected chi connectivity index (χ3v) is 6.50. The van der Waals surface area contributed by atoms with Crippen LogP contribution in [0.1, 0.15) is 49.7 Å². The Hall–Kier alpha value is -1.96. The van der Waals surface area contributed by atoms with E-state index in [0.29, 0.717) is 11.8 Å². The van der Waals surface area contributed by atoms with Crippen LogP contribution in [0.15, 0.2) is 48.5 Å². The van der Waals surface area contributed by atoms with E-state index in [1.807, 2.05) is 0 Å². The van der Waals surface area contributed by atoms with E-state index in [2.05, 4.69) is 73.0 Å². The molecular weight excluding hydrogens is 268 g/mol. The Labute approximate surface area is 131 Å². The molecule has 2 aliphatic heterocycles. The third-order valence-electron chi connectivity index (χ3n) is 6.50. The first kappa shape index (κ1) is 12.6.